The van der Waals surface area contributed by atoms with Crippen LogP contribution in [-0.4, -0.2) is 45.1 Å². The van der Waals surface area contributed by atoms with Crippen LogP contribution in [0, 0.1) is 0 Å². The molecule has 1 rings (SSSR count). The van der Waals surface area contributed by atoms with E-state index in [0.717, 1.165) is 11.3 Å². The predicted molar refractivity (Wildman–Crippen MR) is 83.7 cm³/mol. The Hall–Kier alpha value is -2.31. The average molecular weight is 322 g/mol. The number of carbonyl (C=O) groups excluding carboxylic acids is 2. The fourth-order valence-corrected chi connectivity index (χ4v) is 2.27. The number of rotatable bonds is 6. The highest BCUT2D eigenvalue weighted by Gasteiger charge is 2.34. The van der Waals surface area contributed by atoms with Crippen molar-refractivity contribution in [2.24, 2.45) is 0 Å². The van der Waals surface area contributed by atoms with E-state index < -0.39 is 17.7 Å². The Morgan fingerprint density at radius 2 is 2.04 bits per heavy atom. The number of nitrogens with zero attached hydrogens (tertiary/aromatic N) is 2. The molecular weight excluding hydrogens is 298 g/mol. The molecule has 0 aliphatic carbocycles. The van der Waals surface area contributed by atoms with Gasteiger partial charge in [0, 0.05) is 24.2 Å². The number of hydrogen-bond donors (Lipinski definition) is 2. The van der Waals surface area contributed by atoms with Gasteiger partial charge in [0.1, 0.15) is 17.9 Å². The SMILES string of the molecule is CCCNC(=O)C(Cc1ccc(O)cn1)N(C(=O)[O-])C(C)(C)C. The molecule has 0 radical (unpaired) electrons. The second-order valence-electron chi connectivity index (χ2n) is 6.33. The van der Waals surface area contributed by atoms with Gasteiger partial charge in [-0.15, -0.1) is 0 Å². The maximum absolute atomic E-state index is 12.4. The maximum atomic E-state index is 12.4. The summed E-state index contributed by atoms with van der Waals surface area (Å²) in [6.45, 7) is 7.48. The van der Waals surface area contributed by atoms with E-state index in [1.54, 1.807) is 26.8 Å². The third kappa shape index (κ3) is 5.43. The summed E-state index contributed by atoms with van der Waals surface area (Å²) in [7, 11) is 0. The molecule has 128 valence electrons. The Labute approximate surface area is 136 Å². The fourth-order valence-electron chi connectivity index (χ4n) is 2.27. The normalized spacial score (nSPS) is 12.5. The first-order chi connectivity index (χ1) is 10.7. The lowest BCUT2D eigenvalue weighted by molar-refractivity contribution is -0.273. The number of amides is 2. The zero-order valence-corrected chi connectivity index (χ0v) is 14.0. The molecule has 1 unspecified atom stereocenters. The van der Waals surface area contributed by atoms with E-state index in [-0.39, 0.29) is 18.1 Å². The molecule has 2 N–H and O–H groups in total. The van der Waals surface area contributed by atoms with Crippen LogP contribution in [0.4, 0.5) is 4.79 Å². The number of aromatic hydroxyl groups is 1. The topological polar surface area (TPSA) is 106 Å². The minimum Gasteiger partial charge on any atom is -0.530 e. The Morgan fingerprint density at radius 1 is 1.39 bits per heavy atom. The van der Waals surface area contributed by atoms with Crippen LogP contribution in [0.3, 0.4) is 0 Å². The Bertz CT molecular complexity index is 537. The van der Waals surface area contributed by atoms with Crippen molar-refractivity contribution in [3.05, 3.63) is 24.0 Å². The first-order valence-electron chi connectivity index (χ1n) is 7.58. The van der Waals surface area contributed by atoms with Crippen molar-refractivity contribution >= 4 is 12.0 Å². The van der Waals surface area contributed by atoms with Gasteiger partial charge >= 0.3 is 0 Å². The Kier molecular flexibility index (Phi) is 6.36. The lowest BCUT2D eigenvalue weighted by Crippen LogP contribution is -2.61. The largest absolute Gasteiger partial charge is 0.530 e. The molecule has 0 saturated carbocycles. The lowest BCUT2D eigenvalue weighted by atomic mass is 9.99. The summed E-state index contributed by atoms with van der Waals surface area (Å²) in [5.74, 6) is -0.380. The van der Waals surface area contributed by atoms with Crippen LogP contribution in [0.1, 0.15) is 39.8 Å². The van der Waals surface area contributed by atoms with Crippen molar-refractivity contribution in [1.29, 1.82) is 0 Å². The molecule has 1 atom stereocenters. The second kappa shape index (κ2) is 7.80. The zero-order valence-electron chi connectivity index (χ0n) is 14.0. The third-order valence-electron chi connectivity index (χ3n) is 3.29. The molecule has 0 aromatic carbocycles. The van der Waals surface area contributed by atoms with E-state index >= 15 is 0 Å². The van der Waals surface area contributed by atoms with E-state index in [4.69, 9.17) is 0 Å². The number of carboxylic acid groups (broad SMARTS) is 1. The van der Waals surface area contributed by atoms with Crippen molar-refractivity contribution < 1.29 is 19.8 Å². The van der Waals surface area contributed by atoms with Gasteiger partial charge in [0.25, 0.3) is 0 Å². The highest BCUT2D eigenvalue weighted by atomic mass is 16.4. The quantitative estimate of drug-likeness (QED) is 0.800. The van der Waals surface area contributed by atoms with Crippen LogP contribution in [0.15, 0.2) is 18.3 Å². The van der Waals surface area contributed by atoms with Gasteiger partial charge in [-0.25, -0.2) is 0 Å². The first-order valence-corrected chi connectivity index (χ1v) is 7.58. The van der Waals surface area contributed by atoms with Crippen molar-refractivity contribution in [2.75, 3.05) is 6.54 Å². The van der Waals surface area contributed by atoms with E-state index in [1.807, 2.05) is 6.92 Å². The van der Waals surface area contributed by atoms with Gasteiger partial charge in [0.2, 0.25) is 5.91 Å². The number of hydrogen-bond acceptors (Lipinski definition) is 5. The summed E-state index contributed by atoms with van der Waals surface area (Å²) < 4.78 is 0. The smallest absolute Gasteiger partial charge is 0.243 e. The summed E-state index contributed by atoms with van der Waals surface area (Å²) >= 11 is 0. The standard InChI is InChI=1S/C16H25N3O4/c1-5-8-17-14(21)13(19(15(22)23)16(2,3)4)9-11-6-7-12(20)10-18-11/h6-7,10,13,20H,5,8-9H2,1-4H3,(H,17,21)(H,22,23)/p-1. The van der Waals surface area contributed by atoms with Crippen molar-refractivity contribution in [3.8, 4) is 5.75 Å². The zero-order chi connectivity index (χ0) is 17.6. The van der Waals surface area contributed by atoms with Crippen molar-refractivity contribution in [1.82, 2.24) is 15.2 Å². The monoisotopic (exact) mass is 322 g/mol. The second-order valence-corrected chi connectivity index (χ2v) is 6.33. The third-order valence-corrected chi connectivity index (χ3v) is 3.29. The molecule has 1 aromatic heterocycles. The predicted octanol–water partition coefficient (Wildman–Crippen LogP) is 0.668. The molecule has 0 aliphatic heterocycles. The average Bonchev–Trinajstić information content (AvgIpc) is 2.44. The molecule has 1 aromatic rings. The van der Waals surface area contributed by atoms with Gasteiger partial charge in [-0.2, -0.15) is 0 Å². The Morgan fingerprint density at radius 3 is 2.48 bits per heavy atom. The van der Waals surface area contributed by atoms with Crippen LogP contribution in [0.25, 0.3) is 0 Å². The number of pyridine rings is 1. The first kappa shape index (κ1) is 18.7. The van der Waals surface area contributed by atoms with Crippen molar-refractivity contribution in [3.63, 3.8) is 0 Å². The number of carbonyl (C=O) groups is 2. The molecule has 0 saturated heterocycles. The highest BCUT2D eigenvalue weighted by molar-refractivity contribution is 5.85. The Balaban J connectivity index is 3.11. The maximum Gasteiger partial charge on any atom is 0.243 e. The van der Waals surface area contributed by atoms with E-state index in [9.17, 15) is 19.8 Å². The lowest BCUT2D eigenvalue weighted by Gasteiger charge is -2.42. The molecule has 0 bridgehead atoms. The van der Waals surface area contributed by atoms with E-state index in [1.165, 1.54) is 12.3 Å². The molecule has 0 fully saturated rings. The van der Waals surface area contributed by atoms with Gasteiger partial charge in [0.05, 0.1) is 6.20 Å². The summed E-state index contributed by atoms with van der Waals surface area (Å²) in [6.07, 6.45) is 0.696. The van der Waals surface area contributed by atoms with Gasteiger partial charge in [-0.3, -0.25) is 9.78 Å². The highest BCUT2D eigenvalue weighted by Crippen LogP contribution is 2.20. The summed E-state index contributed by atoms with van der Waals surface area (Å²) in [6, 6.07) is 2.05. The molecular formula is C16H24N3O4-. The summed E-state index contributed by atoms with van der Waals surface area (Å²) in [5.41, 5.74) is -0.292. The molecule has 7 heteroatoms. The van der Waals surface area contributed by atoms with E-state index in [0.29, 0.717) is 12.2 Å². The van der Waals surface area contributed by atoms with Gasteiger partial charge in [0.15, 0.2) is 0 Å². The molecule has 0 aliphatic rings. The number of nitrogens with one attached hydrogen (secondary N) is 1. The van der Waals surface area contributed by atoms with Crippen LogP contribution >= 0.6 is 0 Å². The van der Waals surface area contributed by atoms with Crippen LogP contribution < -0.4 is 10.4 Å². The summed E-state index contributed by atoms with van der Waals surface area (Å²) in [4.78, 5) is 29.1. The van der Waals surface area contributed by atoms with Crippen LogP contribution in [0.5, 0.6) is 5.75 Å². The molecule has 1 heterocycles. The van der Waals surface area contributed by atoms with Crippen LogP contribution in [0.2, 0.25) is 0 Å². The minimum absolute atomic E-state index is 0.00770. The fraction of sp³-hybridized carbons (Fsp3) is 0.562. The molecule has 0 spiro atoms. The van der Waals surface area contributed by atoms with Gasteiger partial charge in [-0.05, 0) is 39.3 Å². The summed E-state index contributed by atoms with van der Waals surface area (Å²) in [5, 5.41) is 23.6. The molecule has 23 heavy (non-hydrogen) atoms. The number of aromatic nitrogens is 1. The van der Waals surface area contributed by atoms with Gasteiger partial charge in [-0.1, -0.05) is 6.92 Å². The molecule has 7 nitrogen and oxygen atoms in total. The molecule has 2 amide bonds. The van der Waals surface area contributed by atoms with Crippen LogP contribution in [-0.2, 0) is 11.2 Å². The van der Waals surface area contributed by atoms with Gasteiger partial charge < -0.3 is 25.2 Å². The van der Waals surface area contributed by atoms with E-state index in [2.05, 4.69) is 10.3 Å². The van der Waals surface area contributed by atoms with Crippen molar-refractivity contribution in [2.45, 2.75) is 52.1 Å². The minimum atomic E-state index is -1.41.